The molecule has 3 heterocycles. The van der Waals surface area contributed by atoms with Gasteiger partial charge >= 0.3 is 0 Å². The Bertz CT molecular complexity index is 1140. The van der Waals surface area contributed by atoms with Crippen molar-refractivity contribution in [2.45, 2.75) is 32.1 Å². The molecule has 0 unspecified atom stereocenters. The van der Waals surface area contributed by atoms with Gasteiger partial charge in [-0.25, -0.2) is 4.98 Å². The van der Waals surface area contributed by atoms with Gasteiger partial charge in [0.1, 0.15) is 24.6 Å². The number of piperazine rings is 1. The van der Waals surface area contributed by atoms with E-state index >= 15 is 0 Å². The number of thiazole rings is 1. The maximum Gasteiger partial charge on any atom is 0.121 e. The minimum absolute atomic E-state index is 0.0297. The van der Waals surface area contributed by atoms with Crippen LogP contribution < -0.4 is 10.2 Å². The Morgan fingerprint density at radius 3 is 2.91 bits per heavy atom. The van der Waals surface area contributed by atoms with E-state index in [1.54, 1.807) is 11.3 Å². The number of aromatic nitrogens is 1. The molecule has 0 saturated carbocycles. The number of rotatable bonds is 8. The van der Waals surface area contributed by atoms with Crippen LogP contribution in [0.4, 0.5) is 0 Å². The molecule has 5 rings (SSSR count). The largest absolute Gasteiger partial charge is 0.491 e. The Labute approximate surface area is 204 Å². The molecule has 1 fully saturated rings. The van der Waals surface area contributed by atoms with Crippen molar-refractivity contribution in [1.29, 1.82) is 0 Å². The highest BCUT2D eigenvalue weighted by Gasteiger charge is 2.28. The highest BCUT2D eigenvalue weighted by molar-refractivity contribution is 7.18. The Morgan fingerprint density at radius 1 is 1.24 bits per heavy atom. The maximum absolute atomic E-state index is 10.6. The molecule has 0 amide bonds. The van der Waals surface area contributed by atoms with Crippen molar-refractivity contribution < 1.29 is 14.7 Å². The average molecular weight is 481 g/mol. The topological polar surface area (TPSA) is 70.1 Å². The first-order valence-corrected chi connectivity index (χ1v) is 12.7. The predicted octanol–water partition coefficient (Wildman–Crippen LogP) is 3.30. The van der Waals surface area contributed by atoms with Crippen molar-refractivity contribution in [2.75, 3.05) is 39.3 Å². The van der Waals surface area contributed by atoms with Crippen molar-refractivity contribution in [3.8, 4) is 5.75 Å². The first-order valence-electron chi connectivity index (χ1n) is 11.9. The number of β-amino-alcohol motifs (C(OH)–C–C–N with tert-alkyl or cyclic N) is 1. The summed E-state index contributed by atoms with van der Waals surface area (Å²) < 4.78 is 7.01. The van der Waals surface area contributed by atoms with Gasteiger partial charge in [-0.3, -0.25) is 20.1 Å². The number of aliphatic hydroxyl groups excluding tert-OH is 1. The molecule has 3 aromatic rings. The molecule has 7 nitrogen and oxygen atoms in total. The third-order valence-corrected chi connectivity index (χ3v) is 7.35. The number of nitrogens with one attached hydrogen (secondary N) is 1. The summed E-state index contributed by atoms with van der Waals surface area (Å²) in [6, 6.07) is 16.6. The fourth-order valence-corrected chi connectivity index (χ4v) is 5.46. The highest BCUT2D eigenvalue weighted by atomic mass is 32.1. The number of benzene rings is 2. The van der Waals surface area contributed by atoms with Crippen molar-refractivity contribution in [1.82, 2.24) is 20.3 Å². The normalized spacial score (nSPS) is 22.5. The zero-order valence-corrected chi connectivity index (χ0v) is 20.5. The SMILES string of the molecule is Cc1nc2cc(OC[C@H](O)CN3CCN(C[C@H]4C=C(c5ccccc5)NO4)[C@@H](C)C3)ccc2s1. The third kappa shape index (κ3) is 5.59. The molecule has 34 heavy (non-hydrogen) atoms. The van der Waals surface area contributed by atoms with E-state index in [2.05, 4.69) is 45.4 Å². The molecule has 2 aliphatic heterocycles. The summed E-state index contributed by atoms with van der Waals surface area (Å²) in [6.45, 7) is 8.76. The fourth-order valence-electron chi connectivity index (χ4n) is 4.65. The summed E-state index contributed by atoms with van der Waals surface area (Å²) >= 11 is 1.68. The number of fused-ring (bicyclic) bond motifs is 1. The van der Waals surface area contributed by atoms with E-state index in [4.69, 9.17) is 9.57 Å². The fraction of sp³-hybridized carbons (Fsp3) is 0.423. The number of aliphatic hydroxyl groups is 1. The minimum Gasteiger partial charge on any atom is -0.491 e. The first kappa shape index (κ1) is 23.3. The minimum atomic E-state index is -0.537. The lowest BCUT2D eigenvalue weighted by molar-refractivity contribution is -0.00924. The number of ether oxygens (including phenoxy) is 1. The van der Waals surface area contributed by atoms with Gasteiger partial charge in [0.2, 0.25) is 0 Å². The van der Waals surface area contributed by atoms with Gasteiger partial charge in [0, 0.05) is 44.8 Å². The van der Waals surface area contributed by atoms with Gasteiger partial charge in [0.15, 0.2) is 0 Å². The predicted molar refractivity (Wildman–Crippen MR) is 136 cm³/mol. The first-order chi connectivity index (χ1) is 16.5. The van der Waals surface area contributed by atoms with Crippen LogP contribution in [0.25, 0.3) is 15.9 Å². The summed E-state index contributed by atoms with van der Waals surface area (Å²) in [5, 5.41) is 11.6. The number of hydrogen-bond donors (Lipinski definition) is 2. The Balaban J connectivity index is 1.07. The second kappa shape index (κ2) is 10.4. The summed E-state index contributed by atoms with van der Waals surface area (Å²) in [5.74, 6) is 0.753. The molecule has 1 saturated heterocycles. The zero-order valence-electron chi connectivity index (χ0n) is 19.7. The molecule has 8 heteroatoms. The molecule has 2 aliphatic rings. The molecular weight excluding hydrogens is 448 g/mol. The van der Waals surface area contributed by atoms with Crippen LogP contribution in [0.15, 0.2) is 54.6 Å². The van der Waals surface area contributed by atoms with Crippen molar-refractivity contribution >= 4 is 27.3 Å². The Hall–Kier alpha value is -2.49. The van der Waals surface area contributed by atoms with Crippen LogP contribution in [0.1, 0.15) is 17.5 Å². The lowest BCUT2D eigenvalue weighted by atomic mass is 10.1. The van der Waals surface area contributed by atoms with Gasteiger partial charge < -0.3 is 9.84 Å². The van der Waals surface area contributed by atoms with Gasteiger partial charge in [-0.15, -0.1) is 11.3 Å². The standard InChI is InChI=1S/C26H32N4O3S/c1-18-14-29(15-21(31)17-32-22-8-9-26-25(12-22)27-19(2)34-26)10-11-30(18)16-23-13-24(28-33-23)20-6-4-3-5-7-20/h3-9,12-13,18,21,23,28,31H,10-11,14-17H2,1-2H3/t18-,21+,23+/m0/s1. The smallest absolute Gasteiger partial charge is 0.121 e. The van der Waals surface area contributed by atoms with Crippen LogP contribution in [0.3, 0.4) is 0 Å². The summed E-state index contributed by atoms with van der Waals surface area (Å²) in [4.78, 5) is 15.1. The van der Waals surface area contributed by atoms with Gasteiger partial charge in [0.25, 0.3) is 0 Å². The van der Waals surface area contributed by atoms with Gasteiger partial charge in [0.05, 0.1) is 20.9 Å². The van der Waals surface area contributed by atoms with Crippen LogP contribution in [0, 0.1) is 6.92 Å². The van der Waals surface area contributed by atoms with E-state index in [1.807, 2.05) is 43.3 Å². The number of nitrogens with zero attached hydrogens (tertiary/aromatic N) is 3. The van der Waals surface area contributed by atoms with Crippen molar-refractivity contribution in [3.63, 3.8) is 0 Å². The number of hydroxylamine groups is 1. The average Bonchev–Trinajstić information content (AvgIpc) is 3.45. The van der Waals surface area contributed by atoms with Crippen LogP contribution in [-0.2, 0) is 4.84 Å². The van der Waals surface area contributed by atoms with Crippen molar-refractivity contribution in [2.24, 2.45) is 0 Å². The maximum atomic E-state index is 10.6. The second-order valence-corrected chi connectivity index (χ2v) is 10.4. The van der Waals surface area contributed by atoms with E-state index < -0.39 is 6.10 Å². The summed E-state index contributed by atoms with van der Waals surface area (Å²) in [5.41, 5.74) is 6.20. The van der Waals surface area contributed by atoms with E-state index in [0.29, 0.717) is 12.6 Å². The quantitative estimate of drug-likeness (QED) is 0.513. The highest BCUT2D eigenvalue weighted by Crippen LogP contribution is 2.26. The molecule has 1 aromatic heterocycles. The molecule has 0 radical (unpaired) electrons. The summed E-state index contributed by atoms with van der Waals surface area (Å²) in [7, 11) is 0. The summed E-state index contributed by atoms with van der Waals surface area (Å²) in [6.07, 6.45) is 1.66. The van der Waals surface area contributed by atoms with E-state index in [9.17, 15) is 5.11 Å². The van der Waals surface area contributed by atoms with Gasteiger partial charge in [-0.05, 0) is 37.6 Å². The van der Waals surface area contributed by atoms with Crippen LogP contribution in [-0.4, -0.2) is 77.5 Å². The van der Waals surface area contributed by atoms with E-state index in [-0.39, 0.29) is 12.7 Å². The lowest BCUT2D eigenvalue weighted by Gasteiger charge is -2.41. The molecule has 2 N–H and O–H groups in total. The zero-order chi connectivity index (χ0) is 23.5. The molecule has 0 bridgehead atoms. The second-order valence-electron chi connectivity index (χ2n) is 9.14. The lowest BCUT2D eigenvalue weighted by Crippen LogP contribution is -2.55. The van der Waals surface area contributed by atoms with Crippen LogP contribution in [0.5, 0.6) is 5.75 Å². The molecule has 2 aromatic carbocycles. The molecule has 180 valence electrons. The molecule has 0 spiro atoms. The van der Waals surface area contributed by atoms with Gasteiger partial charge in [-0.2, -0.15) is 0 Å². The van der Waals surface area contributed by atoms with Crippen LogP contribution in [0.2, 0.25) is 0 Å². The number of aryl methyl sites for hydroxylation is 1. The molecular formula is C26H32N4O3S. The molecule has 3 atom stereocenters. The Morgan fingerprint density at radius 2 is 2.09 bits per heavy atom. The van der Waals surface area contributed by atoms with Crippen molar-refractivity contribution in [3.05, 3.63) is 65.2 Å². The van der Waals surface area contributed by atoms with E-state index in [0.717, 1.165) is 58.4 Å². The van der Waals surface area contributed by atoms with E-state index in [1.165, 1.54) is 0 Å². The van der Waals surface area contributed by atoms with Gasteiger partial charge in [-0.1, -0.05) is 30.3 Å². The third-order valence-electron chi connectivity index (χ3n) is 6.40. The monoisotopic (exact) mass is 480 g/mol. The Kier molecular flexibility index (Phi) is 7.12. The van der Waals surface area contributed by atoms with Crippen LogP contribution >= 0.6 is 11.3 Å². The number of hydrogen-bond acceptors (Lipinski definition) is 8. The molecule has 0 aliphatic carbocycles.